The van der Waals surface area contributed by atoms with Gasteiger partial charge < -0.3 is 5.32 Å². The molecule has 1 aliphatic heterocycles. The van der Waals surface area contributed by atoms with Gasteiger partial charge in [-0.1, -0.05) is 29.3 Å². The van der Waals surface area contributed by atoms with Gasteiger partial charge in [0.25, 0.3) is 0 Å². The molecular formula is C16H24Cl2N2. The van der Waals surface area contributed by atoms with Crippen molar-refractivity contribution in [2.75, 3.05) is 19.6 Å². The lowest BCUT2D eigenvalue weighted by Crippen LogP contribution is -2.40. The maximum absolute atomic E-state index is 6.11. The molecule has 2 rings (SSSR count). The van der Waals surface area contributed by atoms with Crippen molar-refractivity contribution in [1.82, 2.24) is 10.2 Å². The summed E-state index contributed by atoms with van der Waals surface area (Å²) in [5.74, 6) is 0.758. The largest absolute Gasteiger partial charge is 0.316 e. The number of nitrogens with zero attached hydrogens (tertiary/aromatic N) is 1. The Morgan fingerprint density at radius 1 is 1.30 bits per heavy atom. The number of benzene rings is 1. The second kappa shape index (κ2) is 7.65. The van der Waals surface area contributed by atoms with Gasteiger partial charge in [-0.25, -0.2) is 0 Å². The first-order valence-corrected chi connectivity index (χ1v) is 8.20. The van der Waals surface area contributed by atoms with Gasteiger partial charge in [-0.05, 0) is 63.4 Å². The van der Waals surface area contributed by atoms with Gasteiger partial charge in [0, 0.05) is 19.1 Å². The Morgan fingerprint density at radius 2 is 2.10 bits per heavy atom. The molecule has 1 aliphatic rings. The fourth-order valence-electron chi connectivity index (χ4n) is 2.74. The van der Waals surface area contributed by atoms with Crippen molar-refractivity contribution in [3.8, 4) is 0 Å². The third-order valence-electron chi connectivity index (χ3n) is 3.99. The molecular weight excluding hydrogens is 291 g/mol. The number of halogens is 2. The highest BCUT2D eigenvalue weighted by Gasteiger charge is 2.19. The van der Waals surface area contributed by atoms with Crippen molar-refractivity contribution < 1.29 is 0 Å². The number of nitrogens with one attached hydrogen (secondary N) is 1. The summed E-state index contributed by atoms with van der Waals surface area (Å²) in [6.07, 6.45) is 2.63. The van der Waals surface area contributed by atoms with Gasteiger partial charge in [-0.3, -0.25) is 4.90 Å². The van der Waals surface area contributed by atoms with Crippen LogP contribution in [0.3, 0.4) is 0 Å². The molecule has 1 aromatic carbocycles. The Bertz CT molecular complexity index is 428. The van der Waals surface area contributed by atoms with Crippen molar-refractivity contribution in [2.45, 2.75) is 39.3 Å². The maximum atomic E-state index is 6.11. The van der Waals surface area contributed by atoms with Crippen molar-refractivity contribution in [3.05, 3.63) is 33.8 Å². The Labute approximate surface area is 132 Å². The second-order valence-corrected chi connectivity index (χ2v) is 6.80. The van der Waals surface area contributed by atoms with Crippen LogP contribution >= 0.6 is 23.2 Å². The van der Waals surface area contributed by atoms with Crippen LogP contribution in [0.4, 0.5) is 0 Å². The summed E-state index contributed by atoms with van der Waals surface area (Å²) in [6.45, 7) is 8.91. The molecule has 2 nitrogen and oxygen atoms in total. The molecule has 0 saturated carbocycles. The third kappa shape index (κ3) is 4.63. The molecule has 1 saturated heterocycles. The van der Waals surface area contributed by atoms with E-state index in [1.807, 2.05) is 12.1 Å². The summed E-state index contributed by atoms with van der Waals surface area (Å²) in [5.41, 5.74) is 1.23. The first-order valence-electron chi connectivity index (χ1n) is 7.45. The third-order valence-corrected chi connectivity index (χ3v) is 4.73. The zero-order chi connectivity index (χ0) is 14.5. The maximum Gasteiger partial charge on any atom is 0.0595 e. The van der Waals surface area contributed by atoms with E-state index in [1.54, 1.807) is 0 Å². The number of hydrogen-bond donors (Lipinski definition) is 1. The lowest BCUT2D eigenvalue weighted by Gasteiger charge is -2.33. The van der Waals surface area contributed by atoms with Crippen molar-refractivity contribution in [2.24, 2.45) is 5.92 Å². The van der Waals surface area contributed by atoms with Crippen LogP contribution in [-0.4, -0.2) is 30.6 Å². The molecule has 112 valence electrons. The molecule has 1 N–H and O–H groups in total. The normalized spacial score (nSPS) is 19.8. The predicted octanol–water partition coefficient (Wildman–Crippen LogP) is 4.20. The van der Waals surface area contributed by atoms with Gasteiger partial charge in [0.2, 0.25) is 0 Å². The molecule has 0 bridgehead atoms. The van der Waals surface area contributed by atoms with Gasteiger partial charge >= 0.3 is 0 Å². The molecule has 1 fully saturated rings. The summed E-state index contributed by atoms with van der Waals surface area (Å²) < 4.78 is 0. The van der Waals surface area contributed by atoms with E-state index in [1.165, 1.54) is 24.9 Å². The summed E-state index contributed by atoms with van der Waals surface area (Å²) in [6, 6.07) is 6.48. The van der Waals surface area contributed by atoms with E-state index in [9.17, 15) is 0 Å². The first kappa shape index (κ1) is 16.1. The fraction of sp³-hybridized carbons (Fsp3) is 0.625. The van der Waals surface area contributed by atoms with Crippen molar-refractivity contribution >= 4 is 23.2 Å². The molecule has 1 aromatic rings. The first-order chi connectivity index (χ1) is 9.56. The molecule has 20 heavy (non-hydrogen) atoms. The highest BCUT2D eigenvalue weighted by atomic mass is 35.5. The van der Waals surface area contributed by atoms with Crippen LogP contribution in [0.25, 0.3) is 0 Å². The van der Waals surface area contributed by atoms with Crippen LogP contribution < -0.4 is 5.32 Å². The van der Waals surface area contributed by atoms with Crippen LogP contribution in [0.1, 0.15) is 32.3 Å². The Hall–Kier alpha value is -0.280. The number of hydrogen-bond acceptors (Lipinski definition) is 2. The highest BCUT2D eigenvalue weighted by Crippen LogP contribution is 2.24. The van der Waals surface area contributed by atoms with Crippen LogP contribution in [0, 0.1) is 5.92 Å². The van der Waals surface area contributed by atoms with E-state index >= 15 is 0 Å². The minimum Gasteiger partial charge on any atom is -0.316 e. The fourth-order valence-corrected chi connectivity index (χ4v) is 3.06. The molecule has 1 heterocycles. The lowest BCUT2D eigenvalue weighted by molar-refractivity contribution is 0.164. The second-order valence-electron chi connectivity index (χ2n) is 5.98. The molecule has 0 spiro atoms. The zero-order valence-electron chi connectivity index (χ0n) is 12.3. The van der Waals surface area contributed by atoms with Crippen LogP contribution in [0.2, 0.25) is 10.0 Å². The van der Waals surface area contributed by atoms with E-state index in [0.717, 1.165) is 25.6 Å². The average molecular weight is 315 g/mol. The summed E-state index contributed by atoms with van der Waals surface area (Å²) in [7, 11) is 0. The molecule has 0 radical (unpaired) electrons. The summed E-state index contributed by atoms with van der Waals surface area (Å²) in [5, 5.41) is 4.77. The number of rotatable bonds is 5. The predicted molar refractivity (Wildman–Crippen MR) is 87.6 cm³/mol. The standard InChI is InChI=1S/C16H24Cl2N2/c1-12(2)20(11-14-4-3-7-19-9-14)10-13-5-6-15(17)16(18)8-13/h5-6,8,12,14,19H,3-4,7,9-11H2,1-2H3. The van der Waals surface area contributed by atoms with E-state index in [0.29, 0.717) is 16.1 Å². The molecule has 0 amide bonds. The van der Waals surface area contributed by atoms with E-state index < -0.39 is 0 Å². The van der Waals surface area contributed by atoms with Gasteiger partial charge in [0.15, 0.2) is 0 Å². The van der Waals surface area contributed by atoms with Gasteiger partial charge in [0.1, 0.15) is 0 Å². The minimum atomic E-state index is 0.534. The van der Waals surface area contributed by atoms with Crippen molar-refractivity contribution in [3.63, 3.8) is 0 Å². The lowest BCUT2D eigenvalue weighted by atomic mass is 9.98. The molecule has 0 aromatic heterocycles. The number of piperidine rings is 1. The smallest absolute Gasteiger partial charge is 0.0595 e. The van der Waals surface area contributed by atoms with Crippen molar-refractivity contribution in [1.29, 1.82) is 0 Å². The van der Waals surface area contributed by atoms with Gasteiger partial charge in [-0.15, -0.1) is 0 Å². The molecule has 4 heteroatoms. The Balaban J connectivity index is 1.99. The van der Waals surface area contributed by atoms with E-state index in [4.69, 9.17) is 23.2 Å². The monoisotopic (exact) mass is 314 g/mol. The highest BCUT2D eigenvalue weighted by molar-refractivity contribution is 6.42. The quantitative estimate of drug-likeness (QED) is 0.876. The SMILES string of the molecule is CC(C)N(Cc1ccc(Cl)c(Cl)c1)CC1CCCNC1. The van der Waals surface area contributed by atoms with Crippen LogP contribution in [-0.2, 0) is 6.54 Å². The van der Waals surface area contributed by atoms with Gasteiger partial charge in [0.05, 0.1) is 10.0 Å². The summed E-state index contributed by atoms with van der Waals surface area (Å²) in [4.78, 5) is 2.53. The summed E-state index contributed by atoms with van der Waals surface area (Å²) >= 11 is 12.1. The van der Waals surface area contributed by atoms with E-state index in [-0.39, 0.29) is 0 Å². The minimum absolute atomic E-state index is 0.534. The molecule has 1 unspecified atom stereocenters. The van der Waals surface area contributed by atoms with E-state index in [2.05, 4.69) is 30.1 Å². The molecule has 1 atom stereocenters. The zero-order valence-corrected chi connectivity index (χ0v) is 13.8. The topological polar surface area (TPSA) is 15.3 Å². The average Bonchev–Trinajstić information content (AvgIpc) is 2.43. The Morgan fingerprint density at radius 3 is 2.70 bits per heavy atom. The van der Waals surface area contributed by atoms with Gasteiger partial charge in [-0.2, -0.15) is 0 Å². The molecule has 0 aliphatic carbocycles. The Kier molecular flexibility index (Phi) is 6.16. The van der Waals surface area contributed by atoms with Crippen LogP contribution in [0.15, 0.2) is 18.2 Å². The van der Waals surface area contributed by atoms with Crippen LogP contribution in [0.5, 0.6) is 0 Å².